The van der Waals surface area contributed by atoms with Gasteiger partial charge in [-0.25, -0.2) is 4.98 Å². The van der Waals surface area contributed by atoms with Crippen LogP contribution in [0.1, 0.15) is 54.4 Å². The smallest absolute Gasteiger partial charge is 0.251 e. The second kappa shape index (κ2) is 11.2. The maximum absolute atomic E-state index is 12.6. The van der Waals surface area contributed by atoms with Crippen LogP contribution >= 0.6 is 15.9 Å². The molecule has 34 heavy (non-hydrogen) atoms. The first kappa shape index (κ1) is 24.5. The van der Waals surface area contributed by atoms with Crippen LogP contribution in [0.3, 0.4) is 0 Å². The van der Waals surface area contributed by atoms with Gasteiger partial charge >= 0.3 is 0 Å². The molecule has 1 aliphatic rings. The van der Waals surface area contributed by atoms with Gasteiger partial charge in [-0.3, -0.25) is 4.79 Å². The van der Waals surface area contributed by atoms with Crippen LogP contribution in [0.4, 0.5) is 11.8 Å². The fraction of sp³-hybridized carbons (Fsp3) is 0.444. The van der Waals surface area contributed by atoms with Gasteiger partial charge in [-0.05, 0) is 74.4 Å². The SMILES string of the molecule is Cc1cc(Br)ccc1C(=O)NCC1CCCC(Nc2nc(N(C)C)c3ccccc3n2)CCC1. The molecular weight excluding hydrogens is 490 g/mol. The zero-order valence-electron chi connectivity index (χ0n) is 20.3. The van der Waals surface area contributed by atoms with E-state index in [-0.39, 0.29) is 5.91 Å². The molecule has 1 fully saturated rings. The second-order valence-electron chi connectivity index (χ2n) is 9.52. The zero-order valence-corrected chi connectivity index (χ0v) is 21.9. The molecule has 3 aromatic rings. The molecule has 0 spiro atoms. The maximum Gasteiger partial charge on any atom is 0.251 e. The number of hydrogen-bond donors (Lipinski definition) is 2. The molecule has 1 aliphatic carbocycles. The van der Waals surface area contributed by atoms with Crippen molar-refractivity contribution in [2.45, 2.75) is 51.5 Å². The normalized spacial score (nSPS) is 18.7. The van der Waals surface area contributed by atoms with E-state index in [0.717, 1.165) is 77.4 Å². The highest BCUT2D eigenvalue weighted by molar-refractivity contribution is 9.10. The first-order valence-corrected chi connectivity index (χ1v) is 12.9. The summed E-state index contributed by atoms with van der Waals surface area (Å²) >= 11 is 3.46. The number of halogens is 1. The summed E-state index contributed by atoms with van der Waals surface area (Å²) in [5, 5.41) is 7.85. The van der Waals surface area contributed by atoms with E-state index in [1.165, 1.54) is 0 Å². The lowest BCUT2D eigenvalue weighted by atomic mass is 9.89. The molecule has 2 N–H and O–H groups in total. The molecule has 0 aliphatic heterocycles. The average Bonchev–Trinajstić information content (AvgIpc) is 2.79. The fourth-order valence-electron chi connectivity index (χ4n) is 4.80. The van der Waals surface area contributed by atoms with E-state index >= 15 is 0 Å². The van der Waals surface area contributed by atoms with Gasteiger partial charge in [0.1, 0.15) is 5.82 Å². The number of nitrogens with one attached hydrogen (secondary N) is 2. The number of aromatic nitrogens is 2. The molecule has 1 heterocycles. The lowest BCUT2D eigenvalue weighted by Crippen LogP contribution is -2.31. The third-order valence-corrected chi connectivity index (χ3v) is 7.15. The largest absolute Gasteiger partial charge is 0.362 e. The predicted molar refractivity (Wildman–Crippen MR) is 144 cm³/mol. The summed E-state index contributed by atoms with van der Waals surface area (Å²) in [6, 6.07) is 14.3. The van der Waals surface area contributed by atoms with Crippen LogP contribution in [0.25, 0.3) is 10.9 Å². The molecule has 0 atom stereocenters. The van der Waals surface area contributed by atoms with E-state index in [0.29, 0.717) is 17.9 Å². The number of rotatable bonds is 6. The van der Waals surface area contributed by atoms with E-state index in [4.69, 9.17) is 9.97 Å². The van der Waals surface area contributed by atoms with Crippen molar-refractivity contribution in [1.29, 1.82) is 0 Å². The van der Waals surface area contributed by atoms with Gasteiger partial charge in [-0.15, -0.1) is 0 Å². The molecule has 0 unspecified atom stereocenters. The number of fused-ring (bicyclic) bond motifs is 1. The quantitative estimate of drug-likeness (QED) is 0.417. The molecule has 0 radical (unpaired) electrons. The summed E-state index contributed by atoms with van der Waals surface area (Å²) in [5.41, 5.74) is 2.71. The van der Waals surface area contributed by atoms with Crippen LogP contribution in [-0.4, -0.2) is 42.6 Å². The molecule has 2 aromatic carbocycles. The molecule has 0 saturated heterocycles. The van der Waals surface area contributed by atoms with E-state index in [2.05, 4.69) is 32.6 Å². The van der Waals surface area contributed by atoms with Gasteiger partial charge in [-0.2, -0.15) is 4.98 Å². The number of para-hydroxylation sites is 1. The molecule has 7 heteroatoms. The van der Waals surface area contributed by atoms with E-state index in [1.54, 1.807) is 0 Å². The minimum atomic E-state index is 0.0248. The van der Waals surface area contributed by atoms with Crippen LogP contribution in [-0.2, 0) is 0 Å². The van der Waals surface area contributed by atoms with E-state index in [1.807, 2.05) is 62.3 Å². The molecule has 0 bridgehead atoms. The van der Waals surface area contributed by atoms with Gasteiger partial charge in [-0.1, -0.05) is 40.9 Å². The summed E-state index contributed by atoms with van der Waals surface area (Å²) in [7, 11) is 4.04. The average molecular weight is 525 g/mol. The van der Waals surface area contributed by atoms with Gasteiger partial charge in [0, 0.05) is 42.1 Å². The van der Waals surface area contributed by atoms with Gasteiger partial charge in [0.05, 0.1) is 5.52 Å². The Morgan fingerprint density at radius 3 is 2.50 bits per heavy atom. The highest BCUT2D eigenvalue weighted by Crippen LogP contribution is 2.27. The van der Waals surface area contributed by atoms with Crippen LogP contribution in [0.2, 0.25) is 0 Å². The Kier molecular flexibility index (Phi) is 8.03. The van der Waals surface area contributed by atoms with E-state index < -0.39 is 0 Å². The third kappa shape index (κ3) is 6.06. The number of hydrogen-bond acceptors (Lipinski definition) is 5. The van der Waals surface area contributed by atoms with Crippen LogP contribution in [0, 0.1) is 12.8 Å². The predicted octanol–water partition coefficient (Wildman–Crippen LogP) is 5.95. The van der Waals surface area contributed by atoms with Crippen molar-refractivity contribution >= 4 is 44.5 Å². The molecule has 180 valence electrons. The second-order valence-corrected chi connectivity index (χ2v) is 10.4. The van der Waals surface area contributed by atoms with Crippen LogP contribution in [0.5, 0.6) is 0 Å². The Balaban J connectivity index is 1.31. The Morgan fingerprint density at radius 2 is 1.79 bits per heavy atom. The summed E-state index contributed by atoms with van der Waals surface area (Å²) in [6.07, 6.45) is 6.68. The molecule has 6 nitrogen and oxygen atoms in total. The minimum absolute atomic E-state index is 0.0248. The lowest BCUT2D eigenvalue weighted by molar-refractivity contribution is 0.0944. The minimum Gasteiger partial charge on any atom is -0.362 e. The number of aryl methyl sites for hydroxylation is 1. The third-order valence-electron chi connectivity index (χ3n) is 6.65. The van der Waals surface area contributed by atoms with E-state index in [9.17, 15) is 4.79 Å². The molecule has 1 saturated carbocycles. The lowest BCUT2D eigenvalue weighted by Gasteiger charge is -2.26. The van der Waals surface area contributed by atoms with Gasteiger partial charge < -0.3 is 15.5 Å². The number of carbonyl (C=O) groups is 1. The molecule has 1 aromatic heterocycles. The van der Waals surface area contributed by atoms with Gasteiger partial charge in [0.25, 0.3) is 5.91 Å². The Hall–Kier alpha value is -2.67. The van der Waals surface area contributed by atoms with Crippen LogP contribution < -0.4 is 15.5 Å². The maximum atomic E-state index is 12.6. The van der Waals surface area contributed by atoms with Crippen molar-refractivity contribution in [2.24, 2.45) is 5.92 Å². The van der Waals surface area contributed by atoms with Gasteiger partial charge in [0.2, 0.25) is 5.95 Å². The molecule has 1 amide bonds. The van der Waals surface area contributed by atoms with Crippen LogP contribution in [0.15, 0.2) is 46.9 Å². The zero-order chi connectivity index (χ0) is 24.1. The fourth-order valence-corrected chi connectivity index (χ4v) is 5.28. The summed E-state index contributed by atoms with van der Waals surface area (Å²) in [6.45, 7) is 2.72. The topological polar surface area (TPSA) is 70.2 Å². The number of carbonyl (C=O) groups excluding carboxylic acids is 1. The molecule has 4 rings (SSSR count). The number of benzene rings is 2. The Labute approximate surface area is 210 Å². The van der Waals surface area contributed by atoms with Crippen molar-refractivity contribution in [3.63, 3.8) is 0 Å². The first-order chi connectivity index (χ1) is 16.4. The van der Waals surface area contributed by atoms with Crippen molar-refractivity contribution in [1.82, 2.24) is 15.3 Å². The summed E-state index contributed by atoms with van der Waals surface area (Å²) in [4.78, 5) is 24.3. The Morgan fingerprint density at radius 1 is 1.06 bits per heavy atom. The highest BCUT2D eigenvalue weighted by Gasteiger charge is 2.20. The number of anilines is 2. The van der Waals surface area contributed by atoms with Crippen molar-refractivity contribution in [3.05, 3.63) is 58.1 Å². The monoisotopic (exact) mass is 523 g/mol. The standard InChI is InChI=1S/C27H34BrN5O/c1-18-16-20(28)14-15-22(18)26(34)29-17-19-8-6-10-21(11-7-9-19)30-27-31-24-13-5-4-12-23(24)25(32-27)33(2)3/h4-5,12-16,19,21H,6-11,17H2,1-3H3,(H,29,34)(H,30,31,32). The highest BCUT2D eigenvalue weighted by atomic mass is 79.9. The van der Waals surface area contributed by atoms with Crippen molar-refractivity contribution in [2.75, 3.05) is 30.9 Å². The number of nitrogens with zero attached hydrogens (tertiary/aromatic N) is 3. The summed E-state index contributed by atoms with van der Waals surface area (Å²) in [5.74, 6) is 2.20. The van der Waals surface area contributed by atoms with Crippen molar-refractivity contribution in [3.8, 4) is 0 Å². The molecular formula is C27H34BrN5O. The van der Waals surface area contributed by atoms with Gasteiger partial charge in [0.15, 0.2) is 0 Å². The summed E-state index contributed by atoms with van der Waals surface area (Å²) < 4.78 is 0.997. The van der Waals surface area contributed by atoms with Crippen molar-refractivity contribution < 1.29 is 4.79 Å². The number of amides is 1. The first-order valence-electron chi connectivity index (χ1n) is 12.2. The Bertz CT molecular complexity index is 1140.